The maximum absolute atomic E-state index is 13.8. The van der Waals surface area contributed by atoms with Crippen LogP contribution in [0.5, 0.6) is 0 Å². The molecule has 8 rings (SSSR count). The molecule has 0 aliphatic carbocycles. The van der Waals surface area contributed by atoms with Crippen LogP contribution >= 0.6 is 0 Å². The van der Waals surface area contributed by atoms with Crippen LogP contribution in [0.2, 0.25) is 0 Å². The van der Waals surface area contributed by atoms with E-state index in [0.717, 1.165) is 72.4 Å². The first-order chi connectivity index (χ1) is 23.2. The smallest absolute Gasteiger partial charge is 0.223 e. The SMILES string of the molecule is O=C(N[C@H](Cc1c[nH]c2ccccc12)c1nnc(CCc2c[nH]c3ccccc23)n1Cc1cccc2ccccc12)C1CCNCC1. The summed E-state index contributed by atoms with van der Waals surface area (Å²) in [7, 11) is 0. The van der Waals surface area contributed by atoms with E-state index in [4.69, 9.17) is 10.2 Å². The fourth-order valence-corrected chi connectivity index (χ4v) is 7.25. The third kappa shape index (κ3) is 5.92. The molecular weight excluding hydrogens is 582 g/mol. The zero-order valence-corrected chi connectivity index (χ0v) is 26.4. The van der Waals surface area contributed by atoms with Crippen LogP contribution in [0.15, 0.2) is 103 Å². The van der Waals surface area contributed by atoms with Crippen molar-refractivity contribution in [1.82, 2.24) is 35.4 Å². The Labute approximate surface area is 273 Å². The molecule has 8 nitrogen and oxygen atoms in total. The van der Waals surface area contributed by atoms with Gasteiger partial charge in [-0.15, -0.1) is 10.2 Å². The van der Waals surface area contributed by atoms with Crippen LogP contribution in [0.1, 0.15) is 47.2 Å². The number of H-pyrrole nitrogens is 2. The number of nitrogens with zero attached hydrogens (tertiary/aromatic N) is 3. The van der Waals surface area contributed by atoms with Gasteiger partial charge in [-0.25, -0.2) is 0 Å². The number of amides is 1. The minimum absolute atomic E-state index is 0.0162. The van der Waals surface area contributed by atoms with Crippen LogP contribution in [0.4, 0.5) is 0 Å². The number of aromatic amines is 2. The Morgan fingerprint density at radius 1 is 0.745 bits per heavy atom. The number of aromatic nitrogens is 5. The molecule has 1 atom stereocenters. The number of fused-ring (bicyclic) bond motifs is 3. The van der Waals surface area contributed by atoms with Gasteiger partial charge in [0.2, 0.25) is 5.91 Å². The number of rotatable bonds is 10. The number of nitrogens with one attached hydrogen (secondary N) is 4. The third-order valence-corrected chi connectivity index (χ3v) is 9.79. The van der Waals surface area contributed by atoms with Crippen LogP contribution in [-0.4, -0.2) is 43.7 Å². The monoisotopic (exact) mass is 621 g/mol. The number of carbonyl (C=O) groups excluding carboxylic acids is 1. The Hall–Kier alpha value is -5.21. The Kier molecular flexibility index (Phi) is 8.01. The summed E-state index contributed by atoms with van der Waals surface area (Å²) in [5.74, 6) is 1.78. The average molecular weight is 622 g/mol. The van der Waals surface area contributed by atoms with Gasteiger partial charge in [-0.3, -0.25) is 4.79 Å². The maximum Gasteiger partial charge on any atom is 0.223 e. The van der Waals surface area contributed by atoms with Gasteiger partial charge in [0.05, 0.1) is 12.6 Å². The molecule has 1 aliphatic heterocycles. The van der Waals surface area contributed by atoms with Crippen molar-refractivity contribution < 1.29 is 4.79 Å². The standard InChI is InChI=1S/C39H39N7O/c47-39(27-18-20-40-21-19-27)43-36(22-30-24-42-35-15-6-4-13-33(30)35)38-45-44-37(17-16-28-23-41-34-14-5-3-12-32(28)34)46(38)25-29-10-7-9-26-8-1-2-11-31(26)29/h1-15,23-24,27,36,40-42H,16-22,25H2,(H,43,47)/t36-/m1/s1. The predicted molar refractivity (Wildman–Crippen MR) is 187 cm³/mol. The molecule has 4 aromatic carbocycles. The molecule has 0 saturated carbocycles. The van der Waals surface area contributed by atoms with Crippen LogP contribution in [0.3, 0.4) is 0 Å². The number of carbonyl (C=O) groups is 1. The lowest BCUT2D eigenvalue weighted by Crippen LogP contribution is -2.41. The summed E-state index contributed by atoms with van der Waals surface area (Å²) in [6.45, 7) is 2.33. The number of benzene rings is 4. The highest BCUT2D eigenvalue weighted by Crippen LogP contribution is 2.28. The fraction of sp³-hybridized carbons (Fsp3) is 0.256. The molecular formula is C39H39N7O. The van der Waals surface area contributed by atoms with Gasteiger partial charge in [0.15, 0.2) is 5.82 Å². The fourth-order valence-electron chi connectivity index (χ4n) is 7.25. The van der Waals surface area contributed by atoms with Crippen molar-refractivity contribution >= 4 is 38.5 Å². The summed E-state index contributed by atoms with van der Waals surface area (Å²) in [5, 5.41) is 21.4. The third-order valence-electron chi connectivity index (χ3n) is 9.79. The lowest BCUT2D eigenvalue weighted by Gasteiger charge is -2.26. The second-order valence-electron chi connectivity index (χ2n) is 12.7. The minimum Gasteiger partial charge on any atom is -0.361 e. The van der Waals surface area contributed by atoms with Crippen molar-refractivity contribution in [2.45, 2.75) is 44.7 Å². The quantitative estimate of drug-likeness (QED) is 0.138. The van der Waals surface area contributed by atoms with Gasteiger partial charge in [-0.05, 0) is 71.9 Å². The largest absolute Gasteiger partial charge is 0.361 e. The summed E-state index contributed by atoms with van der Waals surface area (Å²) in [6.07, 6.45) is 8.01. The first-order valence-electron chi connectivity index (χ1n) is 16.7. The van der Waals surface area contributed by atoms with Gasteiger partial charge >= 0.3 is 0 Å². The molecule has 4 heterocycles. The van der Waals surface area contributed by atoms with E-state index in [1.807, 2.05) is 6.07 Å². The van der Waals surface area contributed by atoms with Gasteiger partial charge in [0.25, 0.3) is 0 Å². The molecule has 236 valence electrons. The van der Waals surface area contributed by atoms with Crippen LogP contribution < -0.4 is 10.6 Å². The Balaban J connectivity index is 1.19. The van der Waals surface area contributed by atoms with Gasteiger partial charge in [-0.1, -0.05) is 78.9 Å². The predicted octanol–water partition coefficient (Wildman–Crippen LogP) is 6.63. The van der Waals surface area contributed by atoms with E-state index in [-0.39, 0.29) is 17.9 Å². The molecule has 0 bridgehead atoms. The van der Waals surface area contributed by atoms with E-state index in [1.165, 1.54) is 27.3 Å². The number of para-hydroxylation sites is 2. The molecule has 1 aliphatic rings. The number of piperidine rings is 1. The van der Waals surface area contributed by atoms with Crippen molar-refractivity contribution in [3.05, 3.63) is 132 Å². The van der Waals surface area contributed by atoms with E-state index in [2.05, 4.69) is 122 Å². The first-order valence-corrected chi connectivity index (χ1v) is 16.7. The van der Waals surface area contributed by atoms with Crippen molar-refractivity contribution in [2.24, 2.45) is 5.92 Å². The lowest BCUT2D eigenvalue weighted by atomic mass is 9.96. The molecule has 47 heavy (non-hydrogen) atoms. The summed E-state index contributed by atoms with van der Waals surface area (Å²) in [4.78, 5) is 20.7. The van der Waals surface area contributed by atoms with Gasteiger partial charge in [-0.2, -0.15) is 0 Å². The van der Waals surface area contributed by atoms with Gasteiger partial charge in [0.1, 0.15) is 5.82 Å². The zero-order valence-electron chi connectivity index (χ0n) is 26.4. The highest BCUT2D eigenvalue weighted by molar-refractivity contribution is 5.86. The van der Waals surface area contributed by atoms with E-state index >= 15 is 0 Å². The normalized spacial score (nSPS) is 14.6. The second kappa shape index (κ2) is 12.9. The summed E-state index contributed by atoms with van der Waals surface area (Å²) >= 11 is 0. The molecule has 0 spiro atoms. The Bertz CT molecular complexity index is 2160. The molecule has 1 amide bonds. The van der Waals surface area contributed by atoms with E-state index in [1.54, 1.807) is 0 Å². The molecule has 7 aromatic rings. The van der Waals surface area contributed by atoms with Crippen LogP contribution in [0, 0.1) is 5.92 Å². The van der Waals surface area contributed by atoms with Crippen molar-refractivity contribution in [3.63, 3.8) is 0 Å². The Morgan fingerprint density at radius 2 is 1.40 bits per heavy atom. The maximum atomic E-state index is 13.8. The van der Waals surface area contributed by atoms with Gasteiger partial charge in [0, 0.05) is 53.0 Å². The number of hydrogen-bond donors (Lipinski definition) is 4. The molecule has 0 radical (unpaired) electrons. The molecule has 0 unspecified atom stereocenters. The molecule has 1 saturated heterocycles. The van der Waals surface area contributed by atoms with E-state index in [9.17, 15) is 4.79 Å². The summed E-state index contributed by atoms with van der Waals surface area (Å²) < 4.78 is 2.26. The summed E-state index contributed by atoms with van der Waals surface area (Å²) in [6, 6.07) is 31.4. The van der Waals surface area contributed by atoms with E-state index < -0.39 is 0 Å². The summed E-state index contributed by atoms with van der Waals surface area (Å²) in [5.41, 5.74) is 5.84. The Morgan fingerprint density at radius 3 is 2.19 bits per heavy atom. The zero-order chi connectivity index (χ0) is 31.6. The lowest BCUT2D eigenvalue weighted by molar-refractivity contribution is -0.126. The van der Waals surface area contributed by atoms with Crippen LogP contribution in [-0.2, 0) is 30.6 Å². The number of hydrogen-bond acceptors (Lipinski definition) is 4. The number of aryl methyl sites for hydroxylation is 2. The molecule has 3 aromatic heterocycles. The van der Waals surface area contributed by atoms with E-state index in [0.29, 0.717) is 13.0 Å². The van der Waals surface area contributed by atoms with Crippen molar-refractivity contribution in [2.75, 3.05) is 13.1 Å². The highest BCUT2D eigenvalue weighted by Gasteiger charge is 2.29. The highest BCUT2D eigenvalue weighted by atomic mass is 16.2. The average Bonchev–Trinajstić information content (AvgIpc) is 3.85. The first kappa shape index (κ1) is 29.2. The minimum atomic E-state index is -0.346. The molecule has 4 N–H and O–H groups in total. The molecule has 1 fully saturated rings. The van der Waals surface area contributed by atoms with Gasteiger partial charge < -0.3 is 25.2 Å². The molecule has 8 heteroatoms. The van der Waals surface area contributed by atoms with Crippen molar-refractivity contribution in [3.8, 4) is 0 Å². The second-order valence-corrected chi connectivity index (χ2v) is 12.7. The van der Waals surface area contributed by atoms with Crippen LogP contribution in [0.25, 0.3) is 32.6 Å². The topological polar surface area (TPSA) is 103 Å². The van der Waals surface area contributed by atoms with Crippen molar-refractivity contribution in [1.29, 1.82) is 0 Å².